The molecule has 0 aromatic heterocycles. The van der Waals surface area contributed by atoms with E-state index < -0.39 is 10.0 Å². The Morgan fingerprint density at radius 1 is 1.40 bits per heavy atom. The molecule has 0 unspecified atom stereocenters. The second-order valence-corrected chi connectivity index (χ2v) is 6.26. The van der Waals surface area contributed by atoms with Crippen LogP contribution in [0, 0.1) is 5.92 Å². The first-order valence-electron chi connectivity index (χ1n) is 5.72. The molecule has 5 heteroatoms. The molecule has 1 aliphatic carbocycles. The molecular weight excluding hydrogens is 212 g/mol. The van der Waals surface area contributed by atoms with Gasteiger partial charge in [-0.3, -0.25) is 0 Å². The number of nitrogens with zero attached hydrogens (tertiary/aromatic N) is 1. The van der Waals surface area contributed by atoms with Gasteiger partial charge in [-0.25, -0.2) is 12.7 Å². The fourth-order valence-corrected chi connectivity index (χ4v) is 3.31. The van der Waals surface area contributed by atoms with E-state index in [-0.39, 0.29) is 5.75 Å². The minimum atomic E-state index is -3.04. The Morgan fingerprint density at radius 2 is 2.07 bits per heavy atom. The number of nitrogens with one attached hydrogen (secondary N) is 1. The molecule has 0 saturated heterocycles. The lowest BCUT2D eigenvalue weighted by atomic mass is 9.85. The molecule has 1 rings (SSSR count). The van der Waals surface area contributed by atoms with Crippen LogP contribution >= 0.6 is 0 Å². The van der Waals surface area contributed by atoms with E-state index in [0.717, 1.165) is 6.54 Å². The van der Waals surface area contributed by atoms with Crippen molar-refractivity contribution in [3.63, 3.8) is 0 Å². The SMILES string of the molecule is CCN(CC1CCC1)S(=O)(=O)CCNC. The van der Waals surface area contributed by atoms with Gasteiger partial charge in [-0.1, -0.05) is 13.3 Å². The quantitative estimate of drug-likeness (QED) is 0.704. The maximum absolute atomic E-state index is 11.9. The molecule has 1 aliphatic rings. The molecule has 0 spiro atoms. The zero-order valence-corrected chi connectivity index (χ0v) is 10.5. The van der Waals surface area contributed by atoms with E-state index in [2.05, 4.69) is 5.32 Å². The predicted octanol–water partition coefficient (Wildman–Crippen LogP) is 0.658. The lowest BCUT2D eigenvalue weighted by Gasteiger charge is -2.31. The summed E-state index contributed by atoms with van der Waals surface area (Å²) in [4.78, 5) is 0. The van der Waals surface area contributed by atoms with Gasteiger partial charge >= 0.3 is 0 Å². The van der Waals surface area contributed by atoms with Gasteiger partial charge in [-0.2, -0.15) is 0 Å². The molecule has 15 heavy (non-hydrogen) atoms. The van der Waals surface area contributed by atoms with Gasteiger partial charge in [0.05, 0.1) is 5.75 Å². The number of rotatable bonds is 7. The summed E-state index contributed by atoms with van der Waals surface area (Å²) in [7, 11) is -1.26. The van der Waals surface area contributed by atoms with E-state index in [9.17, 15) is 8.42 Å². The minimum Gasteiger partial charge on any atom is -0.319 e. The average molecular weight is 234 g/mol. The number of hydrogen-bond acceptors (Lipinski definition) is 3. The van der Waals surface area contributed by atoms with Gasteiger partial charge in [0.1, 0.15) is 0 Å². The third kappa shape index (κ3) is 3.74. The lowest BCUT2D eigenvalue weighted by Crippen LogP contribution is -2.40. The highest BCUT2D eigenvalue weighted by Crippen LogP contribution is 2.27. The van der Waals surface area contributed by atoms with Crippen LogP contribution in [-0.2, 0) is 10.0 Å². The van der Waals surface area contributed by atoms with E-state index in [4.69, 9.17) is 0 Å². The van der Waals surface area contributed by atoms with Gasteiger partial charge in [0.2, 0.25) is 10.0 Å². The third-order valence-electron chi connectivity index (χ3n) is 3.04. The fourth-order valence-electron chi connectivity index (χ4n) is 1.76. The Labute approximate surface area is 93.1 Å². The standard InChI is InChI=1S/C10H22N2O2S/c1-3-12(9-10-5-4-6-10)15(13,14)8-7-11-2/h10-11H,3-9H2,1-2H3. The van der Waals surface area contributed by atoms with E-state index in [1.54, 1.807) is 11.4 Å². The molecule has 0 amide bonds. The van der Waals surface area contributed by atoms with Gasteiger partial charge in [0.25, 0.3) is 0 Å². The summed E-state index contributed by atoms with van der Waals surface area (Å²) >= 11 is 0. The summed E-state index contributed by atoms with van der Waals surface area (Å²) in [6.45, 7) is 3.77. The summed E-state index contributed by atoms with van der Waals surface area (Å²) in [6.07, 6.45) is 3.65. The summed E-state index contributed by atoms with van der Waals surface area (Å²) in [6, 6.07) is 0. The van der Waals surface area contributed by atoms with Crippen LogP contribution in [0.5, 0.6) is 0 Å². The first kappa shape index (κ1) is 12.9. The summed E-state index contributed by atoms with van der Waals surface area (Å²) in [5, 5.41) is 2.88. The van der Waals surface area contributed by atoms with Gasteiger partial charge in [-0.05, 0) is 25.8 Å². The van der Waals surface area contributed by atoms with Crippen LogP contribution in [0.1, 0.15) is 26.2 Å². The molecule has 0 atom stereocenters. The van der Waals surface area contributed by atoms with Crippen LogP contribution in [0.25, 0.3) is 0 Å². The van der Waals surface area contributed by atoms with Crippen molar-refractivity contribution in [1.82, 2.24) is 9.62 Å². The van der Waals surface area contributed by atoms with Crippen molar-refractivity contribution in [2.24, 2.45) is 5.92 Å². The second kappa shape index (κ2) is 5.82. The molecule has 0 radical (unpaired) electrons. The van der Waals surface area contributed by atoms with Crippen LogP contribution in [0.2, 0.25) is 0 Å². The third-order valence-corrected chi connectivity index (χ3v) is 4.96. The van der Waals surface area contributed by atoms with Crippen LogP contribution in [0.15, 0.2) is 0 Å². The number of sulfonamides is 1. The molecule has 1 saturated carbocycles. The summed E-state index contributed by atoms with van der Waals surface area (Å²) in [5.74, 6) is 0.818. The monoisotopic (exact) mass is 234 g/mol. The average Bonchev–Trinajstić information content (AvgIpc) is 2.13. The van der Waals surface area contributed by atoms with Crippen molar-refractivity contribution >= 4 is 10.0 Å². The summed E-state index contributed by atoms with van der Waals surface area (Å²) in [5.41, 5.74) is 0. The maximum Gasteiger partial charge on any atom is 0.215 e. The highest BCUT2D eigenvalue weighted by molar-refractivity contribution is 7.89. The zero-order chi connectivity index (χ0) is 11.3. The largest absolute Gasteiger partial charge is 0.319 e. The first-order chi connectivity index (χ1) is 7.10. The maximum atomic E-state index is 11.9. The van der Waals surface area contributed by atoms with E-state index in [1.807, 2.05) is 6.92 Å². The van der Waals surface area contributed by atoms with Crippen molar-refractivity contribution in [3.05, 3.63) is 0 Å². The van der Waals surface area contributed by atoms with Gasteiger partial charge < -0.3 is 5.32 Å². The summed E-state index contributed by atoms with van der Waals surface area (Å²) < 4.78 is 25.4. The van der Waals surface area contributed by atoms with Crippen molar-refractivity contribution in [2.45, 2.75) is 26.2 Å². The van der Waals surface area contributed by atoms with Crippen LogP contribution in [0.3, 0.4) is 0 Å². The molecule has 0 aliphatic heterocycles. The highest BCUT2D eigenvalue weighted by atomic mass is 32.2. The van der Waals surface area contributed by atoms with Crippen molar-refractivity contribution < 1.29 is 8.42 Å². The van der Waals surface area contributed by atoms with E-state index >= 15 is 0 Å². The molecule has 4 nitrogen and oxygen atoms in total. The second-order valence-electron chi connectivity index (χ2n) is 4.17. The van der Waals surface area contributed by atoms with Crippen molar-refractivity contribution in [3.8, 4) is 0 Å². The normalized spacial score (nSPS) is 18.1. The molecule has 1 N–H and O–H groups in total. The molecule has 0 aromatic rings. The van der Waals surface area contributed by atoms with Gasteiger partial charge in [0.15, 0.2) is 0 Å². The molecule has 0 heterocycles. The molecule has 1 fully saturated rings. The van der Waals surface area contributed by atoms with Crippen LogP contribution < -0.4 is 5.32 Å². The van der Waals surface area contributed by atoms with Gasteiger partial charge in [-0.15, -0.1) is 0 Å². The molecule has 0 aromatic carbocycles. The number of hydrogen-bond donors (Lipinski definition) is 1. The fraction of sp³-hybridized carbons (Fsp3) is 1.00. The highest BCUT2D eigenvalue weighted by Gasteiger charge is 2.26. The molecule has 90 valence electrons. The Bertz CT molecular complexity index is 273. The van der Waals surface area contributed by atoms with Crippen LogP contribution in [0.4, 0.5) is 0 Å². The van der Waals surface area contributed by atoms with Gasteiger partial charge in [0, 0.05) is 19.6 Å². The topological polar surface area (TPSA) is 49.4 Å². The smallest absolute Gasteiger partial charge is 0.215 e. The lowest BCUT2D eigenvalue weighted by molar-refractivity contribution is 0.250. The van der Waals surface area contributed by atoms with Crippen molar-refractivity contribution in [2.75, 3.05) is 32.4 Å². The minimum absolute atomic E-state index is 0.212. The molecular formula is C10H22N2O2S. The van der Waals surface area contributed by atoms with E-state index in [1.165, 1.54) is 19.3 Å². The Morgan fingerprint density at radius 3 is 2.47 bits per heavy atom. The Kier molecular flexibility index (Phi) is 5.02. The first-order valence-corrected chi connectivity index (χ1v) is 7.33. The Balaban J connectivity index is 2.47. The zero-order valence-electron chi connectivity index (χ0n) is 9.70. The molecule has 0 bridgehead atoms. The Hall–Kier alpha value is -0.130. The van der Waals surface area contributed by atoms with Crippen LogP contribution in [-0.4, -0.2) is 45.2 Å². The predicted molar refractivity (Wildman–Crippen MR) is 62.3 cm³/mol. The van der Waals surface area contributed by atoms with Crippen molar-refractivity contribution in [1.29, 1.82) is 0 Å². The van der Waals surface area contributed by atoms with E-state index in [0.29, 0.717) is 19.0 Å².